The van der Waals surface area contributed by atoms with Gasteiger partial charge in [-0.15, -0.1) is 11.3 Å². The molecule has 126 valence electrons. The predicted molar refractivity (Wildman–Crippen MR) is 104 cm³/mol. The van der Waals surface area contributed by atoms with Gasteiger partial charge in [0.25, 0.3) is 0 Å². The van der Waals surface area contributed by atoms with E-state index in [1.165, 1.54) is 4.70 Å². The Morgan fingerprint density at radius 1 is 1.16 bits per heavy atom. The largest absolute Gasteiger partial charge is 0.331 e. The van der Waals surface area contributed by atoms with Crippen LogP contribution in [0.15, 0.2) is 58.7 Å². The Morgan fingerprint density at radius 2 is 1.96 bits per heavy atom. The van der Waals surface area contributed by atoms with E-state index in [2.05, 4.69) is 32.4 Å². The number of thiazole rings is 1. The van der Waals surface area contributed by atoms with E-state index in [4.69, 9.17) is 0 Å². The van der Waals surface area contributed by atoms with Crippen LogP contribution < -0.4 is 16.2 Å². The van der Waals surface area contributed by atoms with Gasteiger partial charge < -0.3 is 5.73 Å². The maximum atomic E-state index is 4.59. The van der Waals surface area contributed by atoms with Crippen molar-refractivity contribution in [2.24, 2.45) is 10.2 Å². The van der Waals surface area contributed by atoms with Gasteiger partial charge in [0.15, 0.2) is 5.71 Å². The highest BCUT2D eigenvalue weighted by Gasteiger charge is 2.32. The summed E-state index contributed by atoms with van der Waals surface area (Å²) < 4.78 is 1.18. The highest BCUT2D eigenvalue weighted by molar-refractivity contribution is 7.18. The molecule has 4 rings (SSSR count). The number of para-hydroxylation sites is 1. The lowest BCUT2D eigenvalue weighted by molar-refractivity contribution is -0.392. The fraction of sp³-hybridized carbons (Fsp3) is 0.167. The molecule has 0 saturated heterocycles. The zero-order chi connectivity index (χ0) is 17.4. The standard InChI is InChI=1S/C18H18N6S/c1-11-17(18(19)24(23-11)14-6-4-3-5-7-14)22-21-13-8-9-16-15(10-13)20-12(2)25-16/h3-10,18,21H,19H2,1-2H3/p+1/b22-17+/t18-/m1/s1. The summed E-state index contributed by atoms with van der Waals surface area (Å²) >= 11 is 1.69. The van der Waals surface area contributed by atoms with Gasteiger partial charge in [0, 0.05) is 0 Å². The van der Waals surface area contributed by atoms with Gasteiger partial charge in [-0.1, -0.05) is 18.2 Å². The zero-order valence-electron chi connectivity index (χ0n) is 14.1. The van der Waals surface area contributed by atoms with E-state index in [-0.39, 0.29) is 6.17 Å². The molecule has 0 radical (unpaired) electrons. The second-order valence-electron chi connectivity index (χ2n) is 5.91. The van der Waals surface area contributed by atoms with Crippen LogP contribution in [0.3, 0.4) is 0 Å². The highest BCUT2D eigenvalue weighted by Crippen LogP contribution is 2.25. The van der Waals surface area contributed by atoms with Crippen LogP contribution in [-0.2, 0) is 0 Å². The number of hydrazone groups is 2. The average molecular weight is 351 g/mol. The van der Waals surface area contributed by atoms with E-state index >= 15 is 0 Å². The molecule has 1 atom stereocenters. The van der Waals surface area contributed by atoms with Crippen LogP contribution in [0.25, 0.3) is 10.2 Å². The number of benzene rings is 2. The Morgan fingerprint density at radius 3 is 2.76 bits per heavy atom. The van der Waals surface area contributed by atoms with Gasteiger partial charge in [-0.05, 0) is 44.2 Å². The molecule has 0 spiro atoms. The monoisotopic (exact) mass is 351 g/mol. The van der Waals surface area contributed by atoms with E-state index in [0.717, 1.165) is 33.3 Å². The Labute approximate surface area is 149 Å². The van der Waals surface area contributed by atoms with Crippen molar-refractivity contribution < 1.29 is 5.73 Å². The molecule has 25 heavy (non-hydrogen) atoms. The first-order valence-electron chi connectivity index (χ1n) is 8.05. The Bertz CT molecular complexity index is 976. The van der Waals surface area contributed by atoms with Gasteiger partial charge >= 0.3 is 0 Å². The minimum absolute atomic E-state index is 0.167. The van der Waals surface area contributed by atoms with Gasteiger partial charge in [0.05, 0.1) is 32.3 Å². The molecule has 4 N–H and O–H groups in total. The molecule has 0 saturated carbocycles. The average Bonchev–Trinajstić information content (AvgIpc) is 3.12. The van der Waals surface area contributed by atoms with Crippen molar-refractivity contribution >= 4 is 44.4 Å². The smallest absolute Gasteiger partial charge is 0.227 e. The van der Waals surface area contributed by atoms with E-state index in [1.54, 1.807) is 11.3 Å². The second kappa shape index (κ2) is 6.27. The number of quaternary nitrogens is 1. The van der Waals surface area contributed by atoms with Crippen molar-refractivity contribution in [1.29, 1.82) is 0 Å². The van der Waals surface area contributed by atoms with E-state index in [9.17, 15) is 0 Å². The van der Waals surface area contributed by atoms with E-state index in [1.807, 2.05) is 61.3 Å². The Balaban J connectivity index is 1.57. The normalized spacial score (nSPS) is 18.8. The summed E-state index contributed by atoms with van der Waals surface area (Å²) in [5, 5.41) is 12.1. The maximum absolute atomic E-state index is 4.59. The van der Waals surface area contributed by atoms with Crippen molar-refractivity contribution in [2.45, 2.75) is 20.0 Å². The van der Waals surface area contributed by atoms with Crippen molar-refractivity contribution in [2.75, 3.05) is 10.4 Å². The highest BCUT2D eigenvalue weighted by atomic mass is 32.1. The molecule has 2 heterocycles. The van der Waals surface area contributed by atoms with Gasteiger partial charge in [0.2, 0.25) is 6.17 Å². The SMILES string of the molecule is CC1=NN(c2ccccc2)[C@@H]([NH3+])/C1=N/Nc1ccc2sc(C)nc2c1. The zero-order valence-corrected chi connectivity index (χ0v) is 14.9. The topological polar surface area (TPSA) is 80.5 Å². The van der Waals surface area contributed by atoms with Gasteiger partial charge in [-0.2, -0.15) is 10.2 Å². The number of fused-ring (bicyclic) bond motifs is 1. The lowest BCUT2D eigenvalue weighted by Gasteiger charge is -2.16. The Hall–Kier alpha value is -2.77. The van der Waals surface area contributed by atoms with Gasteiger partial charge in [0.1, 0.15) is 0 Å². The number of nitrogens with one attached hydrogen (secondary N) is 1. The van der Waals surface area contributed by atoms with Crippen LogP contribution in [0.4, 0.5) is 11.4 Å². The molecular weight excluding hydrogens is 332 g/mol. The first-order chi connectivity index (χ1) is 12.1. The van der Waals surface area contributed by atoms with E-state index in [0.29, 0.717) is 0 Å². The van der Waals surface area contributed by atoms with Crippen LogP contribution in [0.5, 0.6) is 0 Å². The molecule has 1 aliphatic heterocycles. The van der Waals surface area contributed by atoms with Crippen LogP contribution in [-0.4, -0.2) is 22.6 Å². The summed E-state index contributed by atoms with van der Waals surface area (Å²) in [5.74, 6) is 0. The van der Waals surface area contributed by atoms with E-state index < -0.39 is 0 Å². The lowest BCUT2D eigenvalue weighted by Crippen LogP contribution is -2.70. The second-order valence-corrected chi connectivity index (χ2v) is 7.14. The molecule has 0 bridgehead atoms. The quantitative estimate of drug-likeness (QED) is 0.712. The van der Waals surface area contributed by atoms with Crippen molar-refractivity contribution in [3.63, 3.8) is 0 Å². The van der Waals surface area contributed by atoms with Crippen molar-refractivity contribution in [3.8, 4) is 0 Å². The summed E-state index contributed by atoms with van der Waals surface area (Å²) in [6.07, 6.45) is -0.167. The molecule has 0 fully saturated rings. The molecule has 6 nitrogen and oxygen atoms in total. The minimum Gasteiger partial charge on any atom is -0.331 e. The molecule has 0 amide bonds. The predicted octanol–water partition coefficient (Wildman–Crippen LogP) is 2.84. The van der Waals surface area contributed by atoms with Crippen molar-refractivity contribution in [1.82, 2.24) is 4.98 Å². The van der Waals surface area contributed by atoms with Crippen LogP contribution in [0, 0.1) is 6.92 Å². The third-order valence-corrected chi connectivity index (χ3v) is 5.01. The molecule has 3 aromatic rings. The number of hydrogen-bond acceptors (Lipinski definition) is 6. The maximum Gasteiger partial charge on any atom is 0.227 e. The third kappa shape index (κ3) is 2.99. The number of aryl methyl sites for hydroxylation is 1. The molecule has 2 aromatic carbocycles. The summed E-state index contributed by atoms with van der Waals surface area (Å²) in [5.41, 5.74) is 11.9. The number of hydrogen-bond donors (Lipinski definition) is 2. The fourth-order valence-electron chi connectivity index (χ4n) is 2.85. The summed E-state index contributed by atoms with van der Waals surface area (Å²) in [7, 11) is 0. The lowest BCUT2D eigenvalue weighted by atomic mass is 10.2. The summed E-state index contributed by atoms with van der Waals surface area (Å²) in [6, 6.07) is 16.1. The van der Waals surface area contributed by atoms with Crippen LogP contribution in [0.1, 0.15) is 11.9 Å². The van der Waals surface area contributed by atoms with Crippen LogP contribution in [0.2, 0.25) is 0 Å². The first-order valence-corrected chi connectivity index (χ1v) is 8.87. The molecule has 7 heteroatoms. The molecule has 1 aliphatic rings. The summed E-state index contributed by atoms with van der Waals surface area (Å²) in [6.45, 7) is 3.97. The number of aromatic nitrogens is 1. The fourth-order valence-corrected chi connectivity index (χ4v) is 3.66. The number of rotatable bonds is 3. The third-order valence-electron chi connectivity index (χ3n) is 4.06. The van der Waals surface area contributed by atoms with Gasteiger partial charge in [-0.25, -0.2) is 9.99 Å². The van der Waals surface area contributed by atoms with Gasteiger partial charge in [-0.3, -0.25) is 5.43 Å². The Kier molecular flexibility index (Phi) is 3.95. The molecule has 0 aliphatic carbocycles. The number of nitrogens with zero attached hydrogens (tertiary/aromatic N) is 4. The number of anilines is 2. The van der Waals surface area contributed by atoms with Crippen molar-refractivity contribution in [3.05, 3.63) is 53.5 Å². The summed E-state index contributed by atoms with van der Waals surface area (Å²) in [4.78, 5) is 4.52. The molecule has 0 unspecified atom stereocenters. The minimum atomic E-state index is -0.167. The molecule has 1 aromatic heterocycles. The first kappa shape index (κ1) is 15.7. The van der Waals surface area contributed by atoms with Crippen LogP contribution >= 0.6 is 11.3 Å². The molecular formula is C18H19N6S+.